The number of aliphatic hydroxyl groups is 1. The molecule has 3 aliphatic heterocycles. The molecule has 0 radical (unpaired) electrons. The number of ether oxygens (including phenoxy) is 2. The van der Waals surface area contributed by atoms with Crippen LogP contribution in [-0.4, -0.2) is 64.3 Å². The third-order valence-electron chi connectivity index (χ3n) is 8.57. The molecule has 5 rings (SSSR count). The van der Waals surface area contributed by atoms with E-state index in [9.17, 15) is 19.5 Å². The third kappa shape index (κ3) is 4.10. The minimum atomic E-state index is -1.19. The van der Waals surface area contributed by atoms with Crippen LogP contribution in [0.3, 0.4) is 0 Å². The summed E-state index contributed by atoms with van der Waals surface area (Å²) in [5.41, 5.74) is 1.39. The Morgan fingerprint density at radius 2 is 1.92 bits per heavy atom. The summed E-state index contributed by atoms with van der Waals surface area (Å²) in [5, 5.41) is 13.6. The number of nitrogens with one attached hydrogen (secondary N) is 1. The average molecular weight is 521 g/mol. The smallest absolute Gasteiger partial charge is 0.312 e. The molecule has 2 amide bonds. The Labute approximate surface area is 223 Å². The van der Waals surface area contributed by atoms with Crippen LogP contribution in [0.5, 0.6) is 0 Å². The predicted octanol–water partition coefficient (Wildman–Crippen LogP) is 3.17. The first-order valence-corrected chi connectivity index (χ1v) is 13.4. The highest BCUT2D eigenvalue weighted by atomic mass is 16.6. The first-order chi connectivity index (χ1) is 18.1. The van der Waals surface area contributed by atoms with Crippen LogP contribution >= 0.6 is 0 Å². The number of fused-ring (bicyclic) bond motifs is 1. The molecular weight excluding hydrogens is 484 g/mol. The maximum absolute atomic E-state index is 14.3. The van der Waals surface area contributed by atoms with E-state index in [1.165, 1.54) is 4.90 Å². The number of hydrogen-bond donors (Lipinski definition) is 2. The number of esters is 1. The summed E-state index contributed by atoms with van der Waals surface area (Å²) < 4.78 is 12.0. The van der Waals surface area contributed by atoms with Gasteiger partial charge in [-0.25, -0.2) is 0 Å². The highest BCUT2D eigenvalue weighted by molar-refractivity contribution is 6.04. The number of rotatable bonds is 8. The summed E-state index contributed by atoms with van der Waals surface area (Å²) >= 11 is 0. The molecule has 38 heavy (non-hydrogen) atoms. The largest absolute Gasteiger partial charge is 0.466 e. The number of carbonyl (C=O) groups excluding carboxylic acids is 3. The molecule has 8 heteroatoms. The maximum atomic E-state index is 14.3. The molecule has 2 bridgehead atoms. The van der Waals surface area contributed by atoms with E-state index < -0.39 is 41.1 Å². The zero-order valence-electron chi connectivity index (χ0n) is 22.4. The van der Waals surface area contributed by atoms with Gasteiger partial charge in [-0.05, 0) is 69.7 Å². The number of anilines is 1. The fraction of sp³-hybridized carbons (Fsp3) is 0.500. The Morgan fingerprint density at radius 1 is 1.18 bits per heavy atom. The van der Waals surface area contributed by atoms with E-state index in [1.807, 2.05) is 69.3 Å². The van der Waals surface area contributed by atoms with Crippen LogP contribution < -0.4 is 5.32 Å². The van der Waals surface area contributed by atoms with E-state index in [2.05, 4.69) is 5.32 Å². The Hall–Kier alpha value is -3.23. The fourth-order valence-electron chi connectivity index (χ4n) is 6.85. The summed E-state index contributed by atoms with van der Waals surface area (Å²) in [7, 11) is 0. The Kier molecular flexibility index (Phi) is 6.82. The summed E-state index contributed by atoms with van der Waals surface area (Å²) in [6.45, 7) is 7.28. The van der Waals surface area contributed by atoms with Crippen molar-refractivity contribution in [2.24, 2.45) is 11.8 Å². The average Bonchev–Trinajstić information content (AvgIpc) is 3.46. The zero-order valence-corrected chi connectivity index (χ0v) is 22.4. The van der Waals surface area contributed by atoms with Crippen molar-refractivity contribution in [3.05, 3.63) is 65.2 Å². The lowest BCUT2D eigenvalue weighted by Gasteiger charge is -2.37. The highest BCUT2D eigenvalue weighted by Crippen LogP contribution is 2.63. The Morgan fingerprint density at radius 3 is 2.61 bits per heavy atom. The molecule has 2 N–H and O–H groups in total. The van der Waals surface area contributed by atoms with Crippen LogP contribution in [0.25, 0.3) is 0 Å². The number of nitrogens with zero attached hydrogens (tertiary/aromatic N) is 1. The number of amides is 2. The van der Waals surface area contributed by atoms with E-state index in [4.69, 9.17) is 9.47 Å². The molecular formula is C30H36N2O6. The van der Waals surface area contributed by atoms with Crippen molar-refractivity contribution in [1.82, 2.24) is 4.90 Å². The molecule has 0 saturated carbocycles. The lowest BCUT2D eigenvalue weighted by molar-refractivity contribution is -0.160. The van der Waals surface area contributed by atoms with Crippen LogP contribution in [0.4, 0.5) is 5.69 Å². The Balaban J connectivity index is 1.58. The van der Waals surface area contributed by atoms with E-state index in [0.29, 0.717) is 24.9 Å². The number of likely N-dealkylation sites (tertiary alicyclic amines) is 1. The van der Waals surface area contributed by atoms with E-state index in [-0.39, 0.29) is 25.0 Å². The molecule has 8 nitrogen and oxygen atoms in total. The Bertz CT molecular complexity index is 1250. The van der Waals surface area contributed by atoms with Crippen LogP contribution in [0, 0.1) is 25.7 Å². The van der Waals surface area contributed by atoms with Crippen molar-refractivity contribution in [2.45, 2.75) is 70.2 Å². The van der Waals surface area contributed by atoms with Crippen molar-refractivity contribution in [1.29, 1.82) is 0 Å². The van der Waals surface area contributed by atoms with Crippen LogP contribution in [0.15, 0.2) is 48.5 Å². The van der Waals surface area contributed by atoms with Gasteiger partial charge in [-0.15, -0.1) is 0 Å². The lowest BCUT2D eigenvalue weighted by Crippen LogP contribution is -2.57. The predicted molar refractivity (Wildman–Crippen MR) is 141 cm³/mol. The monoisotopic (exact) mass is 520 g/mol. The standard InChI is InChI=1S/C30H36N2O6/c1-5-37-28(36)24-23-27(35)32(21(17-33)16-20-9-7-6-8-10-20)25(30(23)14-13-29(24,4)38-30)26(34)31-22-15-18(2)11-12-19(22)3/h6-12,15,21,23-25,33H,5,13-14,16-17H2,1-4H3,(H,31,34)/t21-,23+,24-,25?,29+,30?/m1/s1. The molecule has 3 aliphatic rings. The first kappa shape index (κ1) is 26.4. The van der Waals surface area contributed by atoms with Crippen molar-refractivity contribution >= 4 is 23.5 Å². The van der Waals surface area contributed by atoms with Crippen molar-refractivity contribution in [3.63, 3.8) is 0 Å². The van der Waals surface area contributed by atoms with Crippen LogP contribution in [-0.2, 0) is 30.3 Å². The molecule has 2 aromatic carbocycles. The van der Waals surface area contributed by atoms with Gasteiger partial charge in [0.15, 0.2) is 0 Å². The van der Waals surface area contributed by atoms with Gasteiger partial charge in [0.05, 0.1) is 30.8 Å². The molecule has 0 aromatic heterocycles. The van der Waals surface area contributed by atoms with Gasteiger partial charge in [-0.2, -0.15) is 0 Å². The maximum Gasteiger partial charge on any atom is 0.312 e. The number of benzene rings is 2. The molecule has 0 aliphatic carbocycles. The fourth-order valence-corrected chi connectivity index (χ4v) is 6.85. The van der Waals surface area contributed by atoms with Gasteiger partial charge in [0, 0.05) is 5.69 Å². The summed E-state index contributed by atoms with van der Waals surface area (Å²) in [5.74, 6) is -2.88. The highest BCUT2D eigenvalue weighted by Gasteiger charge is 2.78. The van der Waals surface area contributed by atoms with Crippen molar-refractivity contribution in [2.75, 3.05) is 18.5 Å². The van der Waals surface area contributed by atoms with Crippen LogP contribution in [0.1, 0.15) is 43.4 Å². The van der Waals surface area contributed by atoms with E-state index in [1.54, 1.807) is 6.92 Å². The topological polar surface area (TPSA) is 105 Å². The molecule has 202 valence electrons. The first-order valence-electron chi connectivity index (χ1n) is 13.4. The molecule has 2 aromatic rings. The molecule has 2 unspecified atom stereocenters. The minimum absolute atomic E-state index is 0.187. The van der Waals surface area contributed by atoms with Crippen LogP contribution in [0.2, 0.25) is 0 Å². The molecule has 6 atom stereocenters. The SMILES string of the molecule is CCOC(=O)[C@H]1[C@H]2C(=O)N([C@@H](CO)Cc3ccccc3)C(C(=O)Nc3cc(C)ccc3C)C23CC[C@]1(C)O3. The van der Waals surface area contributed by atoms with E-state index in [0.717, 1.165) is 16.7 Å². The third-order valence-corrected chi connectivity index (χ3v) is 8.57. The van der Waals surface area contributed by atoms with Gasteiger partial charge in [0.2, 0.25) is 11.8 Å². The van der Waals surface area contributed by atoms with Gasteiger partial charge in [-0.3, -0.25) is 14.4 Å². The summed E-state index contributed by atoms with van der Waals surface area (Å²) in [6.07, 6.45) is 1.35. The summed E-state index contributed by atoms with van der Waals surface area (Å²) in [4.78, 5) is 43.1. The number of aliphatic hydroxyl groups excluding tert-OH is 1. The van der Waals surface area contributed by atoms with Gasteiger partial charge in [-0.1, -0.05) is 42.5 Å². The number of aryl methyl sites for hydroxylation is 2. The lowest BCUT2D eigenvalue weighted by atomic mass is 9.66. The van der Waals surface area contributed by atoms with Gasteiger partial charge >= 0.3 is 5.97 Å². The minimum Gasteiger partial charge on any atom is -0.466 e. The molecule has 3 heterocycles. The van der Waals surface area contributed by atoms with Gasteiger partial charge < -0.3 is 24.8 Å². The quantitative estimate of drug-likeness (QED) is 0.518. The second kappa shape index (κ2) is 9.82. The number of carbonyl (C=O) groups is 3. The molecule has 3 fully saturated rings. The van der Waals surface area contributed by atoms with Crippen molar-refractivity contribution in [3.8, 4) is 0 Å². The van der Waals surface area contributed by atoms with E-state index >= 15 is 0 Å². The molecule has 3 saturated heterocycles. The normalized spacial score (nSPS) is 30.3. The second-order valence-corrected chi connectivity index (χ2v) is 11.1. The van der Waals surface area contributed by atoms with Crippen molar-refractivity contribution < 1.29 is 29.0 Å². The summed E-state index contributed by atoms with van der Waals surface area (Å²) in [6, 6.07) is 13.7. The second-order valence-electron chi connectivity index (χ2n) is 11.1. The van der Waals surface area contributed by atoms with Gasteiger partial charge in [0.1, 0.15) is 17.6 Å². The zero-order chi connectivity index (χ0) is 27.2. The molecule has 1 spiro atoms. The van der Waals surface area contributed by atoms with Gasteiger partial charge in [0.25, 0.3) is 0 Å². The number of hydrogen-bond acceptors (Lipinski definition) is 6.